The molecule has 2 rings (SSSR count). The number of carbonyl (C=O) groups is 1. The first-order valence-corrected chi connectivity index (χ1v) is 8.88. The summed E-state index contributed by atoms with van der Waals surface area (Å²) in [5.74, 6) is 1.78. The van der Waals surface area contributed by atoms with Gasteiger partial charge in [-0.25, -0.2) is 0 Å². The molecular formula is C21H29N3O6. The Balaban J connectivity index is 0.000000553. The fourth-order valence-corrected chi connectivity index (χ4v) is 2.34. The number of benzene rings is 2. The second-order valence-electron chi connectivity index (χ2n) is 5.98. The van der Waals surface area contributed by atoms with Crippen LogP contribution in [-0.4, -0.2) is 52.1 Å². The van der Waals surface area contributed by atoms with Gasteiger partial charge in [-0.15, -0.1) is 0 Å². The minimum absolute atomic E-state index is 0.380. The summed E-state index contributed by atoms with van der Waals surface area (Å²) in [5, 5.41) is 8.08. The minimum atomic E-state index is -0.903. The molecule has 30 heavy (non-hydrogen) atoms. The molecule has 0 aromatic heterocycles. The zero-order valence-electron chi connectivity index (χ0n) is 17.5. The van der Waals surface area contributed by atoms with E-state index in [1.807, 2.05) is 42.5 Å². The number of anilines is 1. The molecule has 0 aliphatic carbocycles. The molecule has 0 saturated carbocycles. The van der Waals surface area contributed by atoms with Crippen molar-refractivity contribution >= 4 is 23.7 Å². The van der Waals surface area contributed by atoms with Crippen molar-refractivity contribution in [2.24, 2.45) is 11.5 Å². The number of methoxy groups -OCH3 is 4. The van der Waals surface area contributed by atoms with Crippen molar-refractivity contribution in [3.05, 3.63) is 41.5 Å². The highest BCUT2D eigenvalue weighted by atomic mass is 16.5. The Morgan fingerprint density at radius 2 is 1.47 bits per heavy atom. The van der Waals surface area contributed by atoms with Crippen molar-refractivity contribution in [2.45, 2.75) is 6.04 Å². The van der Waals surface area contributed by atoms with E-state index in [2.05, 4.69) is 5.73 Å². The maximum Gasteiger partial charge on any atom is 0.236 e. The van der Waals surface area contributed by atoms with Crippen molar-refractivity contribution in [1.82, 2.24) is 0 Å². The van der Waals surface area contributed by atoms with E-state index in [0.29, 0.717) is 28.7 Å². The van der Waals surface area contributed by atoms with Gasteiger partial charge in [0, 0.05) is 0 Å². The predicted molar refractivity (Wildman–Crippen MR) is 117 cm³/mol. The smallest absolute Gasteiger partial charge is 0.236 e. The van der Waals surface area contributed by atoms with Crippen LogP contribution in [0, 0.1) is 0 Å². The van der Waals surface area contributed by atoms with E-state index in [4.69, 9.17) is 35.5 Å². The third kappa shape index (κ3) is 6.87. The number of ether oxygens (including phenoxy) is 4. The third-order valence-corrected chi connectivity index (χ3v) is 3.97. The number of nitrogens with two attached hydrogens (primary N) is 3. The van der Waals surface area contributed by atoms with E-state index in [1.54, 1.807) is 28.4 Å². The number of rotatable bonds is 8. The molecule has 0 bridgehead atoms. The fourth-order valence-electron chi connectivity index (χ4n) is 2.34. The van der Waals surface area contributed by atoms with Crippen LogP contribution in [0.2, 0.25) is 0 Å². The minimum Gasteiger partial charge on any atom is -0.495 e. The van der Waals surface area contributed by atoms with Crippen LogP contribution < -0.4 is 36.1 Å². The molecule has 0 saturated heterocycles. The molecule has 164 valence electrons. The molecule has 1 atom stereocenters. The van der Waals surface area contributed by atoms with E-state index in [0.717, 1.165) is 11.1 Å². The molecule has 2 aromatic carbocycles. The number of primary amides is 1. The molecule has 0 spiro atoms. The van der Waals surface area contributed by atoms with Crippen LogP contribution in [-0.2, 0) is 4.79 Å². The summed E-state index contributed by atoms with van der Waals surface area (Å²) in [4.78, 5) is 9.87. The lowest BCUT2D eigenvalue weighted by atomic mass is 10.1. The second kappa shape index (κ2) is 12.2. The Morgan fingerprint density at radius 1 is 0.933 bits per heavy atom. The summed E-state index contributed by atoms with van der Waals surface area (Å²) < 4.78 is 21.2. The summed E-state index contributed by atoms with van der Waals surface area (Å²) in [6.45, 7) is -0.380. The Bertz CT molecular complexity index is 845. The maximum absolute atomic E-state index is 9.87. The molecule has 0 unspecified atom stereocenters. The summed E-state index contributed by atoms with van der Waals surface area (Å²) in [5.41, 5.74) is 17.9. The monoisotopic (exact) mass is 419 g/mol. The summed E-state index contributed by atoms with van der Waals surface area (Å²) in [6.07, 6.45) is 3.90. The van der Waals surface area contributed by atoms with Crippen molar-refractivity contribution in [1.29, 1.82) is 0 Å². The standard InChI is InChI=1S/C18H21NO4.C3H8N2O2/c1-20-15-8-7-12(9-14(15)19)5-6-13-10-16(21-2)18(23-4)17(11-13)22-3;4-2(1-6)3(5)7/h5-11H,19H2,1-4H3;2,6H,1,4H2,(H2,5,7)/t;2-/m.1/s1. The molecule has 9 heteroatoms. The van der Waals surface area contributed by atoms with Gasteiger partial charge in [0.15, 0.2) is 11.5 Å². The first kappa shape index (κ1) is 24.6. The zero-order valence-corrected chi connectivity index (χ0v) is 17.5. The zero-order chi connectivity index (χ0) is 22.7. The van der Waals surface area contributed by atoms with Gasteiger partial charge in [0.05, 0.1) is 40.7 Å². The van der Waals surface area contributed by atoms with Crippen molar-refractivity contribution in [3.8, 4) is 23.0 Å². The molecule has 0 heterocycles. The van der Waals surface area contributed by atoms with Gasteiger partial charge in [0.2, 0.25) is 11.7 Å². The van der Waals surface area contributed by atoms with Gasteiger partial charge in [0.25, 0.3) is 0 Å². The topological polar surface area (TPSA) is 152 Å². The molecule has 0 aliphatic rings. The Kier molecular flexibility index (Phi) is 10.0. The van der Waals surface area contributed by atoms with Crippen LogP contribution in [0.4, 0.5) is 5.69 Å². The van der Waals surface area contributed by atoms with Gasteiger partial charge in [-0.1, -0.05) is 18.2 Å². The quantitative estimate of drug-likeness (QED) is 0.369. The normalized spacial score (nSPS) is 11.3. The van der Waals surface area contributed by atoms with E-state index in [1.165, 1.54) is 0 Å². The van der Waals surface area contributed by atoms with Crippen LogP contribution in [0.1, 0.15) is 11.1 Å². The molecule has 0 radical (unpaired) electrons. The predicted octanol–water partition coefficient (Wildman–Crippen LogP) is 1.26. The third-order valence-electron chi connectivity index (χ3n) is 3.97. The molecular weight excluding hydrogens is 390 g/mol. The van der Waals surface area contributed by atoms with Crippen molar-refractivity contribution in [2.75, 3.05) is 40.8 Å². The number of hydrogen-bond donors (Lipinski definition) is 4. The van der Waals surface area contributed by atoms with E-state index < -0.39 is 11.9 Å². The fraction of sp³-hybridized carbons (Fsp3) is 0.286. The van der Waals surface area contributed by atoms with Crippen LogP contribution in [0.5, 0.6) is 23.0 Å². The summed E-state index contributed by atoms with van der Waals surface area (Å²) in [7, 11) is 6.36. The van der Waals surface area contributed by atoms with E-state index >= 15 is 0 Å². The number of aliphatic hydroxyl groups excluding tert-OH is 1. The lowest BCUT2D eigenvalue weighted by molar-refractivity contribution is -0.120. The lowest BCUT2D eigenvalue weighted by Crippen LogP contribution is -2.39. The molecule has 2 aromatic rings. The van der Waals surface area contributed by atoms with Gasteiger partial charge in [-0.2, -0.15) is 0 Å². The van der Waals surface area contributed by atoms with Gasteiger partial charge in [0.1, 0.15) is 11.8 Å². The van der Waals surface area contributed by atoms with Crippen LogP contribution in [0.25, 0.3) is 12.2 Å². The Labute approximate surface area is 176 Å². The SMILES string of the molecule is COc1ccc(C=Cc2cc(OC)c(OC)c(OC)c2)cc1N.NC(=O)[C@H](N)CO. The molecule has 0 aliphatic heterocycles. The van der Waals surface area contributed by atoms with Gasteiger partial charge in [-0.3, -0.25) is 4.79 Å². The summed E-state index contributed by atoms with van der Waals surface area (Å²) in [6, 6.07) is 8.48. The van der Waals surface area contributed by atoms with Crippen LogP contribution >= 0.6 is 0 Å². The van der Waals surface area contributed by atoms with E-state index in [9.17, 15) is 4.79 Å². The number of nitrogen functional groups attached to an aromatic ring is 1. The highest BCUT2D eigenvalue weighted by molar-refractivity contribution is 5.79. The Hall–Kier alpha value is -3.43. The number of aliphatic hydroxyl groups is 1. The lowest BCUT2D eigenvalue weighted by Gasteiger charge is -2.12. The molecule has 7 N–H and O–H groups in total. The average molecular weight is 419 g/mol. The Morgan fingerprint density at radius 3 is 1.83 bits per heavy atom. The van der Waals surface area contributed by atoms with Gasteiger partial charge < -0.3 is 41.3 Å². The molecule has 1 amide bonds. The van der Waals surface area contributed by atoms with Crippen molar-refractivity contribution < 1.29 is 28.8 Å². The van der Waals surface area contributed by atoms with Gasteiger partial charge in [-0.05, 0) is 35.4 Å². The average Bonchev–Trinajstić information content (AvgIpc) is 2.76. The first-order chi connectivity index (χ1) is 14.3. The van der Waals surface area contributed by atoms with Crippen LogP contribution in [0.15, 0.2) is 30.3 Å². The van der Waals surface area contributed by atoms with Crippen molar-refractivity contribution in [3.63, 3.8) is 0 Å². The number of carbonyl (C=O) groups excluding carboxylic acids is 1. The molecule has 0 fully saturated rings. The number of amides is 1. The van der Waals surface area contributed by atoms with Gasteiger partial charge >= 0.3 is 0 Å². The highest BCUT2D eigenvalue weighted by Crippen LogP contribution is 2.38. The van der Waals surface area contributed by atoms with Crippen LogP contribution in [0.3, 0.4) is 0 Å². The van der Waals surface area contributed by atoms with E-state index in [-0.39, 0.29) is 6.61 Å². The largest absolute Gasteiger partial charge is 0.495 e. The highest BCUT2D eigenvalue weighted by Gasteiger charge is 2.12. The maximum atomic E-state index is 9.87. The summed E-state index contributed by atoms with van der Waals surface area (Å²) >= 11 is 0. The molecule has 9 nitrogen and oxygen atoms in total. The first-order valence-electron chi connectivity index (χ1n) is 8.88. The number of hydrogen-bond acceptors (Lipinski definition) is 8. The second-order valence-corrected chi connectivity index (χ2v) is 5.98.